The molecule has 1 N–H and O–H groups in total. The number of hydrogen-bond donors (Lipinski definition) is 1. The van der Waals surface area contributed by atoms with E-state index >= 15 is 0 Å². The fourth-order valence-corrected chi connectivity index (χ4v) is 3.44. The van der Waals surface area contributed by atoms with Crippen LogP contribution in [-0.2, 0) is 11.0 Å². The smallest absolute Gasteiger partial charge is 0.355 e. The highest BCUT2D eigenvalue weighted by Gasteiger charge is 2.37. The molecular weight excluding hydrogens is 393 g/mol. The molecule has 3 rings (SSSR count). The van der Waals surface area contributed by atoms with Crippen molar-refractivity contribution in [1.82, 2.24) is 15.2 Å². The summed E-state index contributed by atoms with van der Waals surface area (Å²) >= 11 is 0.557. The number of amides is 1. The molecule has 0 radical (unpaired) electrons. The van der Waals surface area contributed by atoms with Gasteiger partial charge < -0.3 is 10.2 Å². The molecule has 6 nitrogen and oxygen atoms in total. The molecule has 146 valence electrons. The zero-order chi connectivity index (χ0) is 19.6. The highest BCUT2D eigenvalue weighted by molar-refractivity contribution is 7.15. The Morgan fingerprint density at radius 3 is 2.78 bits per heavy atom. The predicted octanol–water partition coefficient (Wildman–Crippen LogP) is 3.74. The summed E-state index contributed by atoms with van der Waals surface area (Å²) in [7, 11) is 0. The lowest BCUT2D eigenvalue weighted by Gasteiger charge is -2.34. The zero-order valence-electron chi connectivity index (χ0n) is 13.7. The Balaban J connectivity index is 1.72. The Bertz CT molecular complexity index is 812. The van der Waals surface area contributed by atoms with Crippen LogP contribution in [-0.4, -0.2) is 34.2 Å². The molecule has 1 amide bonds. The molecule has 0 bridgehead atoms. The van der Waals surface area contributed by atoms with Crippen molar-refractivity contribution in [3.05, 3.63) is 28.9 Å². The lowest BCUT2D eigenvalue weighted by molar-refractivity contribution is -0.137. The van der Waals surface area contributed by atoms with Gasteiger partial charge in [0.2, 0.25) is 11.0 Å². The molecule has 1 aliphatic heterocycles. The standard InChI is InChI=1S/C15H14F5N5OS/c16-10(17)13-23-24-14(27-13)22-12(26)8-3-2-6-25(7-8)11-9(15(18,19)20)4-1-5-21-11/h1,4-5,8,10H,2-3,6-7H2,(H,22,24,26). The van der Waals surface area contributed by atoms with Crippen LogP contribution in [0.4, 0.5) is 32.9 Å². The SMILES string of the molecule is O=C(Nc1nnc(C(F)F)s1)C1CCCN(c2ncccc2C(F)(F)F)C1. The number of nitrogens with one attached hydrogen (secondary N) is 1. The molecule has 0 saturated carbocycles. The summed E-state index contributed by atoms with van der Waals surface area (Å²) in [5, 5.41) is 8.58. The molecule has 1 atom stereocenters. The van der Waals surface area contributed by atoms with E-state index in [9.17, 15) is 26.7 Å². The second-order valence-corrected chi connectivity index (χ2v) is 6.90. The quantitative estimate of drug-likeness (QED) is 0.782. The minimum Gasteiger partial charge on any atom is -0.355 e. The molecular formula is C15H14F5N5OS. The molecule has 2 aromatic heterocycles. The van der Waals surface area contributed by atoms with E-state index < -0.39 is 35.0 Å². The van der Waals surface area contributed by atoms with Gasteiger partial charge in [0.1, 0.15) is 5.82 Å². The van der Waals surface area contributed by atoms with E-state index in [-0.39, 0.29) is 17.5 Å². The largest absolute Gasteiger partial charge is 0.419 e. The Labute approximate surface area is 154 Å². The van der Waals surface area contributed by atoms with Crippen LogP contribution in [0, 0.1) is 5.92 Å². The summed E-state index contributed by atoms with van der Waals surface area (Å²) in [4.78, 5) is 17.6. The molecule has 1 fully saturated rings. The fraction of sp³-hybridized carbons (Fsp3) is 0.467. The van der Waals surface area contributed by atoms with Gasteiger partial charge in [-0.1, -0.05) is 11.3 Å². The van der Waals surface area contributed by atoms with Gasteiger partial charge in [0.25, 0.3) is 6.43 Å². The van der Waals surface area contributed by atoms with Crippen LogP contribution in [0.25, 0.3) is 0 Å². The van der Waals surface area contributed by atoms with Crippen LogP contribution in [0.5, 0.6) is 0 Å². The van der Waals surface area contributed by atoms with Gasteiger partial charge in [0.15, 0.2) is 5.01 Å². The first-order chi connectivity index (χ1) is 12.8. The number of pyridine rings is 1. The molecule has 1 aliphatic rings. The number of halogens is 5. The summed E-state index contributed by atoms with van der Waals surface area (Å²) in [6, 6.07) is 2.15. The molecule has 12 heteroatoms. The number of hydrogen-bond acceptors (Lipinski definition) is 6. The van der Waals surface area contributed by atoms with E-state index in [1.54, 1.807) is 0 Å². The van der Waals surface area contributed by atoms with Gasteiger partial charge in [0.05, 0.1) is 11.5 Å². The van der Waals surface area contributed by atoms with Crippen molar-refractivity contribution < 1.29 is 26.7 Å². The second-order valence-electron chi connectivity index (χ2n) is 5.89. The highest BCUT2D eigenvalue weighted by atomic mass is 32.1. The fourth-order valence-electron chi connectivity index (χ4n) is 2.83. The first kappa shape index (κ1) is 19.4. The Morgan fingerprint density at radius 1 is 1.33 bits per heavy atom. The molecule has 1 unspecified atom stereocenters. The third kappa shape index (κ3) is 4.49. The van der Waals surface area contributed by atoms with Crippen LogP contribution in [0.2, 0.25) is 0 Å². The summed E-state index contributed by atoms with van der Waals surface area (Å²) in [6.45, 7) is 0.366. The van der Waals surface area contributed by atoms with E-state index in [1.807, 2.05) is 0 Å². The molecule has 1 saturated heterocycles. The molecule has 0 aliphatic carbocycles. The van der Waals surface area contributed by atoms with Gasteiger partial charge in [-0.25, -0.2) is 13.8 Å². The van der Waals surface area contributed by atoms with E-state index in [0.29, 0.717) is 30.7 Å². The lowest BCUT2D eigenvalue weighted by atomic mass is 9.97. The first-order valence-corrected chi connectivity index (χ1v) is 8.77. The molecule has 3 heterocycles. The average molecular weight is 407 g/mol. The predicted molar refractivity (Wildman–Crippen MR) is 87.7 cm³/mol. The number of alkyl halides is 5. The number of carbonyl (C=O) groups excluding carboxylic acids is 1. The minimum atomic E-state index is -4.56. The van der Waals surface area contributed by atoms with Crippen LogP contribution >= 0.6 is 11.3 Å². The Hall–Kier alpha value is -2.37. The lowest BCUT2D eigenvalue weighted by Crippen LogP contribution is -2.42. The number of piperidine rings is 1. The third-order valence-electron chi connectivity index (χ3n) is 4.04. The van der Waals surface area contributed by atoms with Gasteiger partial charge in [-0.15, -0.1) is 10.2 Å². The maximum Gasteiger partial charge on any atom is 0.419 e. The molecule has 2 aromatic rings. The normalized spacial score (nSPS) is 18.0. The summed E-state index contributed by atoms with van der Waals surface area (Å²) in [6.07, 6.45) is -5.14. The second kappa shape index (κ2) is 7.71. The van der Waals surface area contributed by atoms with E-state index in [4.69, 9.17) is 0 Å². The number of rotatable bonds is 4. The van der Waals surface area contributed by atoms with Crippen molar-refractivity contribution in [3.63, 3.8) is 0 Å². The average Bonchev–Trinajstić information content (AvgIpc) is 3.10. The number of carbonyl (C=O) groups is 1. The van der Waals surface area contributed by atoms with Gasteiger partial charge in [-0.2, -0.15) is 13.2 Å². The van der Waals surface area contributed by atoms with E-state index in [0.717, 1.165) is 6.07 Å². The summed E-state index contributed by atoms with van der Waals surface area (Å²) in [5.41, 5.74) is -0.864. The number of anilines is 2. The van der Waals surface area contributed by atoms with Crippen LogP contribution < -0.4 is 10.2 Å². The van der Waals surface area contributed by atoms with Crippen molar-refractivity contribution in [3.8, 4) is 0 Å². The molecule has 0 spiro atoms. The maximum atomic E-state index is 13.2. The van der Waals surface area contributed by atoms with Gasteiger partial charge in [-0.3, -0.25) is 4.79 Å². The minimum absolute atomic E-state index is 0.0342. The summed E-state index contributed by atoms with van der Waals surface area (Å²) < 4.78 is 64.6. The van der Waals surface area contributed by atoms with Crippen molar-refractivity contribution in [2.45, 2.75) is 25.4 Å². The van der Waals surface area contributed by atoms with Crippen molar-refractivity contribution in [2.75, 3.05) is 23.3 Å². The van der Waals surface area contributed by atoms with Gasteiger partial charge in [0, 0.05) is 19.3 Å². The van der Waals surface area contributed by atoms with Crippen molar-refractivity contribution >= 4 is 28.2 Å². The van der Waals surface area contributed by atoms with E-state index in [2.05, 4.69) is 20.5 Å². The van der Waals surface area contributed by atoms with E-state index in [1.165, 1.54) is 17.2 Å². The summed E-state index contributed by atoms with van der Waals surface area (Å²) in [5.74, 6) is -1.35. The van der Waals surface area contributed by atoms with Gasteiger partial charge >= 0.3 is 6.18 Å². The van der Waals surface area contributed by atoms with Crippen LogP contribution in [0.15, 0.2) is 18.3 Å². The first-order valence-electron chi connectivity index (χ1n) is 7.95. The molecule has 0 aromatic carbocycles. The van der Waals surface area contributed by atoms with Gasteiger partial charge in [-0.05, 0) is 25.0 Å². The van der Waals surface area contributed by atoms with Crippen molar-refractivity contribution in [1.29, 1.82) is 0 Å². The number of nitrogens with zero attached hydrogens (tertiary/aromatic N) is 4. The zero-order valence-corrected chi connectivity index (χ0v) is 14.5. The monoisotopic (exact) mass is 407 g/mol. The van der Waals surface area contributed by atoms with Crippen LogP contribution in [0.1, 0.15) is 29.8 Å². The van der Waals surface area contributed by atoms with Crippen molar-refractivity contribution in [2.24, 2.45) is 5.92 Å². The maximum absolute atomic E-state index is 13.2. The molecule has 27 heavy (non-hydrogen) atoms. The Morgan fingerprint density at radius 2 is 2.11 bits per heavy atom. The Kier molecular flexibility index (Phi) is 5.53. The third-order valence-corrected chi connectivity index (χ3v) is 4.89. The topological polar surface area (TPSA) is 71.0 Å². The van der Waals surface area contributed by atoms with Crippen LogP contribution in [0.3, 0.4) is 0 Å². The number of aromatic nitrogens is 3. The highest BCUT2D eigenvalue weighted by Crippen LogP contribution is 2.36.